The van der Waals surface area contributed by atoms with E-state index < -0.39 is 5.97 Å². The van der Waals surface area contributed by atoms with E-state index in [9.17, 15) is 9.59 Å². The Bertz CT molecular complexity index is 870. The van der Waals surface area contributed by atoms with Gasteiger partial charge in [-0.05, 0) is 13.0 Å². The lowest BCUT2D eigenvalue weighted by molar-refractivity contribution is -0.111. The first kappa shape index (κ1) is 19.5. The average Bonchev–Trinajstić information content (AvgIpc) is 3.03. The summed E-state index contributed by atoms with van der Waals surface area (Å²) in [5.74, 6) is -0.545. The summed E-state index contributed by atoms with van der Waals surface area (Å²) in [7, 11) is 6.21. The molecule has 0 amide bonds. The number of hydrogen-bond donors (Lipinski definition) is 0. The molecule has 0 bridgehead atoms. The van der Waals surface area contributed by atoms with Crippen LogP contribution in [0.4, 0.5) is 0 Å². The normalized spacial score (nSPS) is 11.2. The molecule has 2 rings (SSSR count). The smallest absolute Gasteiger partial charge is 0.344 e. The number of ether oxygens (including phenoxy) is 2. The molecule has 0 N–H and O–H groups in total. The summed E-state index contributed by atoms with van der Waals surface area (Å²) in [5, 5.41) is 4.24. The van der Waals surface area contributed by atoms with Crippen molar-refractivity contribution in [3.8, 4) is 17.0 Å². The Balaban J connectivity index is 2.77. The van der Waals surface area contributed by atoms with Gasteiger partial charge in [-0.3, -0.25) is 4.79 Å². The van der Waals surface area contributed by atoms with Crippen molar-refractivity contribution in [1.29, 1.82) is 0 Å². The van der Waals surface area contributed by atoms with Crippen LogP contribution < -0.4 is 4.74 Å². The van der Waals surface area contributed by atoms with Crippen LogP contribution in [0.3, 0.4) is 0 Å². The molecule has 0 aliphatic heterocycles. The second kappa shape index (κ2) is 8.05. The number of methoxy groups -OCH3 is 2. The number of rotatable bonds is 6. The summed E-state index contributed by atoms with van der Waals surface area (Å²) >= 11 is 6.35. The number of aromatic nitrogens is 1. The highest BCUT2D eigenvalue weighted by atomic mass is 35.5. The molecule has 8 heteroatoms. The van der Waals surface area contributed by atoms with E-state index in [0.717, 1.165) is 0 Å². The summed E-state index contributed by atoms with van der Waals surface area (Å²) in [6.07, 6.45) is 1.55. The summed E-state index contributed by atoms with van der Waals surface area (Å²) in [5.41, 5.74) is 0.801. The van der Waals surface area contributed by atoms with Crippen molar-refractivity contribution in [2.24, 2.45) is 0 Å². The number of esters is 1. The minimum absolute atomic E-state index is 0.0194. The second-order valence-corrected chi connectivity index (χ2v) is 5.99. The third-order valence-corrected chi connectivity index (χ3v) is 3.92. The Hall–Kier alpha value is -2.80. The number of hydrogen-bond acceptors (Lipinski definition) is 7. The van der Waals surface area contributed by atoms with Gasteiger partial charge < -0.3 is 18.9 Å². The zero-order valence-corrected chi connectivity index (χ0v) is 15.9. The van der Waals surface area contributed by atoms with Crippen LogP contribution in [0.2, 0.25) is 5.02 Å². The first-order chi connectivity index (χ1) is 12.3. The highest BCUT2D eigenvalue weighted by Crippen LogP contribution is 2.38. The molecule has 7 nitrogen and oxygen atoms in total. The van der Waals surface area contributed by atoms with Crippen LogP contribution in [0, 0.1) is 0 Å². The number of allylic oxidation sites excluding steroid dienone is 1. The molecule has 1 aromatic heterocycles. The van der Waals surface area contributed by atoms with Gasteiger partial charge >= 0.3 is 5.97 Å². The van der Waals surface area contributed by atoms with Gasteiger partial charge in [-0.15, -0.1) is 0 Å². The molecule has 0 aliphatic carbocycles. The molecule has 2 aromatic rings. The molecule has 0 aliphatic rings. The van der Waals surface area contributed by atoms with Crippen LogP contribution in [0.15, 0.2) is 28.9 Å². The number of Topliss-reactive ketones (excluding diaryl/α,β-unsaturated/α-hetero) is 1. The number of ketones is 1. The van der Waals surface area contributed by atoms with Gasteiger partial charge in [0, 0.05) is 25.9 Å². The van der Waals surface area contributed by atoms with Crippen LogP contribution in [0.5, 0.6) is 5.75 Å². The van der Waals surface area contributed by atoms with E-state index in [-0.39, 0.29) is 33.4 Å². The monoisotopic (exact) mass is 378 g/mol. The van der Waals surface area contributed by atoms with Crippen LogP contribution in [0.25, 0.3) is 16.8 Å². The van der Waals surface area contributed by atoms with E-state index >= 15 is 0 Å². The molecular weight excluding hydrogens is 360 g/mol. The van der Waals surface area contributed by atoms with Crippen molar-refractivity contribution >= 4 is 28.9 Å². The molecule has 0 saturated heterocycles. The van der Waals surface area contributed by atoms with E-state index in [1.165, 1.54) is 21.1 Å². The largest absolute Gasteiger partial charge is 0.495 e. The summed E-state index contributed by atoms with van der Waals surface area (Å²) in [6, 6.07) is 5.05. The zero-order chi connectivity index (χ0) is 19.4. The van der Waals surface area contributed by atoms with Crippen molar-refractivity contribution in [2.75, 3.05) is 28.3 Å². The van der Waals surface area contributed by atoms with Gasteiger partial charge in [-0.2, -0.15) is 0 Å². The molecule has 0 radical (unpaired) electrons. The van der Waals surface area contributed by atoms with E-state index in [4.69, 9.17) is 25.6 Å². The summed E-state index contributed by atoms with van der Waals surface area (Å²) < 4.78 is 15.4. The second-order valence-electron chi connectivity index (χ2n) is 5.61. The molecule has 1 aromatic carbocycles. The summed E-state index contributed by atoms with van der Waals surface area (Å²) in [4.78, 5) is 26.2. The van der Waals surface area contributed by atoms with Crippen molar-refractivity contribution in [1.82, 2.24) is 10.1 Å². The summed E-state index contributed by atoms with van der Waals surface area (Å²) in [6.45, 7) is 1.37. The van der Waals surface area contributed by atoms with Gasteiger partial charge in [0.2, 0.25) is 0 Å². The minimum Gasteiger partial charge on any atom is -0.495 e. The van der Waals surface area contributed by atoms with Gasteiger partial charge in [0.15, 0.2) is 11.5 Å². The van der Waals surface area contributed by atoms with Crippen LogP contribution >= 0.6 is 11.6 Å². The van der Waals surface area contributed by atoms with E-state index in [2.05, 4.69) is 5.16 Å². The third-order valence-electron chi connectivity index (χ3n) is 3.53. The van der Waals surface area contributed by atoms with Crippen LogP contribution in [-0.4, -0.2) is 50.1 Å². The first-order valence-electron chi connectivity index (χ1n) is 7.62. The lowest BCUT2D eigenvalue weighted by Gasteiger charge is -2.09. The molecule has 1 heterocycles. The Morgan fingerprint density at radius 2 is 1.96 bits per heavy atom. The molecule has 0 atom stereocenters. The SMILES string of the molecule is COC(=O)c1c(-c2cccc(OC)c2Cl)noc1C(=CN(C)C)C(C)=O. The molecule has 138 valence electrons. The average molecular weight is 379 g/mol. The van der Waals surface area contributed by atoms with Crippen LogP contribution in [-0.2, 0) is 9.53 Å². The topological polar surface area (TPSA) is 81.9 Å². The standard InChI is InChI=1S/C18H19ClN2O5/c1-10(22)12(9-21(2)3)17-14(18(23)25-5)16(20-26-17)11-7-6-8-13(24-4)15(11)19/h6-9H,1-5H3. The number of carbonyl (C=O) groups is 2. The maximum Gasteiger partial charge on any atom is 0.344 e. The zero-order valence-electron chi connectivity index (χ0n) is 15.1. The van der Waals surface area contributed by atoms with Gasteiger partial charge in [0.05, 0.1) is 24.8 Å². The van der Waals surface area contributed by atoms with Crippen LogP contribution in [0.1, 0.15) is 23.0 Å². The minimum atomic E-state index is -0.693. The molecule has 0 saturated carbocycles. The fourth-order valence-electron chi connectivity index (χ4n) is 2.37. The van der Waals surface area contributed by atoms with Crippen molar-refractivity contribution < 1.29 is 23.6 Å². The lowest BCUT2D eigenvalue weighted by Crippen LogP contribution is -2.10. The van der Waals surface area contributed by atoms with Crippen molar-refractivity contribution in [3.05, 3.63) is 40.7 Å². The maximum atomic E-state index is 12.4. The molecular formula is C18H19ClN2O5. The fourth-order valence-corrected chi connectivity index (χ4v) is 2.66. The number of benzene rings is 1. The van der Waals surface area contributed by atoms with Gasteiger partial charge in [0.25, 0.3) is 0 Å². The number of carbonyl (C=O) groups excluding carboxylic acids is 2. The Morgan fingerprint density at radius 1 is 1.27 bits per heavy atom. The quantitative estimate of drug-likeness (QED) is 0.563. The predicted molar refractivity (Wildman–Crippen MR) is 97.2 cm³/mol. The molecule has 0 fully saturated rings. The predicted octanol–water partition coefficient (Wildman–Crippen LogP) is 3.28. The molecule has 0 spiro atoms. The molecule has 26 heavy (non-hydrogen) atoms. The first-order valence-corrected chi connectivity index (χ1v) is 8.00. The van der Waals surface area contributed by atoms with Gasteiger partial charge in [-0.25, -0.2) is 4.79 Å². The number of nitrogens with zero attached hydrogens (tertiary/aromatic N) is 2. The lowest BCUT2D eigenvalue weighted by atomic mass is 10.0. The third kappa shape index (κ3) is 3.72. The van der Waals surface area contributed by atoms with Gasteiger partial charge in [0.1, 0.15) is 17.0 Å². The van der Waals surface area contributed by atoms with Gasteiger partial charge in [-0.1, -0.05) is 28.9 Å². The Labute approximate surface area is 156 Å². The number of halogens is 1. The maximum absolute atomic E-state index is 12.4. The van der Waals surface area contributed by atoms with E-state index in [1.54, 1.807) is 43.4 Å². The van der Waals surface area contributed by atoms with Crippen molar-refractivity contribution in [3.63, 3.8) is 0 Å². The Morgan fingerprint density at radius 3 is 2.50 bits per heavy atom. The van der Waals surface area contributed by atoms with Crippen molar-refractivity contribution in [2.45, 2.75) is 6.92 Å². The Kier molecular flexibility index (Phi) is 6.05. The fraction of sp³-hybridized carbons (Fsp3) is 0.278. The van der Waals surface area contributed by atoms with E-state index in [0.29, 0.717) is 11.3 Å². The highest BCUT2D eigenvalue weighted by molar-refractivity contribution is 6.35. The highest BCUT2D eigenvalue weighted by Gasteiger charge is 2.30. The molecule has 0 unspecified atom stereocenters. The van der Waals surface area contributed by atoms with E-state index in [1.807, 2.05) is 0 Å².